The average molecular weight is 277 g/mol. The van der Waals surface area contributed by atoms with Crippen molar-refractivity contribution in [2.45, 2.75) is 6.04 Å². The number of aliphatic hydroxyl groups is 1. The molecule has 20 heavy (non-hydrogen) atoms. The van der Waals surface area contributed by atoms with E-state index in [2.05, 4.69) is 25.9 Å². The average Bonchev–Trinajstić information content (AvgIpc) is 2.98. The molecule has 1 aromatic heterocycles. The number of amides is 1. The van der Waals surface area contributed by atoms with Gasteiger partial charge in [-0.3, -0.25) is 4.79 Å². The third-order valence-electron chi connectivity index (χ3n) is 2.51. The minimum atomic E-state index is -1.35. The fourth-order valence-electron chi connectivity index (χ4n) is 1.51. The molecule has 1 heterocycles. The molecular formula is C11H11N5O4. The largest absolute Gasteiger partial charge is 0.480 e. The normalized spacial score (nSPS) is 11.8. The first-order valence-electron chi connectivity index (χ1n) is 5.60. The summed E-state index contributed by atoms with van der Waals surface area (Å²) < 4.78 is 0. The summed E-state index contributed by atoms with van der Waals surface area (Å²) in [5, 5.41) is 33.1. The number of aromatic nitrogens is 4. The van der Waals surface area contributed by atoms with E-state index in [1.54, 1.807) is 12.1 Å². The van der Waals surface area contributed by atoms with Crippen LogP contribution in [0.4, 0.5) is 0 Å². The smallest absolute Gasteiger partial charge is 0.328 e. The van der Waals surface area contributed by atoms with Crippen LogP contribution in [0.15, 0.2) is 24.3 Å². The Morgan fingerprint density at radius 2 is 2.20 bits per heavy atom. The van der Waals surface area contributed by atoms with Crippen LogP contribution in [-0.2, 0) is 4.79 Å². The topological polar surface area (TPSA) is 141 Å². The molecule has 0 fully saturated rings. The number of aliphatic carboxylic acids is 1. The van der Waals surface area contributed by atoms with Crippen LogP contribution in [0.25, 0.3) is 11.4 Å². The van der Waals surface area contributed by atoms with Crippen molar-refractivity contribution in [1.29, 1.82) is 0 Å². The number of benzene rings is 1. The van der Waals surface area contributed by atoms with Crippen molar-refractivity contribution >= 4 is 11.9 Å². The van der Waals surface area contributed by atoms with E-state index in [1.165, 1.54) is 12.1 Å². The molecule has 104 valence electrons. The van der Waals surface area contributed by atoms with Crippen LogP contribution < -0.4 is 5.32 Å². The van der Waals surface area contributed by atoms with Gasteiger partial charge < -0.3 is 15.5 Å². The number of carboxylic acid groups (broad SMARTS) is 1. The first-order valence-corrected chi connectivity index (χ1v) is 5.60. The van der Waals surface area contributed by atoms with Gasteiger partial charge in [0.25, 0.3) is 5.91 Å². The number of rotatable bonds is 5. The molecule has 4 N–H and O–H groups in total. The highest BCUT2D eigenvalue weighted by Gasteiger charge is 2.19. The monoisotopic (exact) mass is 277 g/mol. The van der Waals surface area contributed by atoms with Gasteiger partial charge in [-0.1, -0.05) is 12.1 Å². The minimum Gasteiger partial charge on any atom is -0.480 e. The van der Waals surface area contributed by atoms with E-state index in [0.29, 0.717) is 11.4 Å². The summed E-state index contributed by atoms with van der Waals surface area (Å²) in [4.78, 5) is 22.6. The maximum atomic E-state index is 11.9. The number of tetrazole rings is 1. The Kier molecular flexibility index (Phi) is 4.01. The standard InChI is InChI=1S/C11H11N5O4/c17-5-8(11(19)20)12-10(18)7-3-1-2-6(4-7)9-13-15-16-14-9/h1-4,8,17H,5H2,(H,12,18)(H,19,20)(H,13,14,15,16)/t8-/m0/s1. The third-order valence-corrected chi connectivity index (χ3v) is 2.51. The molecule has 0 saturated carbocycles. The number of hydrogen-bond acceptors (Lipinski definition) is 6. The van der Waals surface area contributed by atoms with Crippen molar-refractivity contribution in [2.75, 3.05) is 6.61 Å². The molecule has 0 aliphatic rings. The Labute approximate surface area is 112 Å². The molecule has 1 aromatic carbocycles. The van der Waals surface area contributed by atoms with Gasteiger partial charge in [-0.25, -0.2) is 4.79 Å². The van der Waals surface area contributed by atoms with Crippen LogP contribution in [0.5, 0.6) is 0 Å². The molecule has 0 unspecified atom stereocenters. The number of nitrogens with one attached hydrogen (secondary N) is 2. The van der Waals surface area contributed by atoms with Crippen molar-refractivity contribution < 1.29 is 19.8 Å². The van der Waals surface area contributed by atoms with Gasteiger partial charge in [-0.05, 0) is 17.3 Å². The van der Waals surface area contributed by atoms with Crippen LogP contribution in [0.2, 0.25) is 0 Å². The van der Waals surface area contributed by atoms with E-state index in [-0.39, 0.29) is 5.56 Å². The van der Waals surface area contributed by atoms with E-state index < -0.39 is 24.5 Å². The lowest BCUT2D eigenvalue weighted by molar-refractivity contribution is -0.140. The molecule has 0 radical (unpaired) electrons. The van der Waals surface area contributed by atoms with Gasteiger partial charge in [0.2, 0.25) is 5.82 Å². The van der Waals surface area contributed by atoms with Gasteiger partial charge >= 0.3 is 5.97 Å². The Balaban J connectivity index is 2.19. The summed E-state index contributed by atoms with van der Waals surface area (Å²) in [5.41, 5.74) is 0.786. The van der Waals surface area contributed by atoms with Crippen molar-refractivity contribution in [3.63, 3.8) is 0 Å². The Morgan fingerprint density at radius 1 is 1.40 bits per heavy atom. The molecule has 0 spiro atoms. The number of nitrogens with zero attached hydrogens (tertiary/aromatic N) is 3. The fraction of sp³-hybridized carbons (Fsp3) is 0.182. The highest BCUT2D eigenvalue weighted by molar-refractivity contribution is 5.97. The molecule has 1 amide bonds. The molecule has 2 rings (SSSR count). The lowest BCUT2D eigenvalue weighted by atomic mass is 10.1. The first kappa shape index (κ1) is 13.6. The number of carbonyl (C=O) groups excluding carboxylic acids is 1. The van der Waals surface area contributed by atoms with Crippen LogP contribution in [0.3, 0.4) is 0 Å². The zero-order valence-corrected chi connectivity index (χ0v) is 10.1. The van der Waals surface area contributed by atoms with E-state index in [4.69, 9.17) is 10.2 Å². The second-order valence-corrected chi connectivity index (χ2v) is 3.86. The van der Waals surface area contributed by atoms with Crippen molar-refractivity contribution in [3.8, 4) is 11.4 Å². The molecule has 2 aromatic rings. The summed E-state index contributed by atoms with van der Waals surface area (Å²) in [7, 11) is 0. The minimum absolute atomic E-state index is 0.229. The maximum Gasteiger partial charge on any atom is 0.328 e. The Bertz CT molecular complexity index is 613. The summed E-state index contributed by atoms with van der Waals surface area (Å²) in [6, 6.07) is 4.94. The number of aliphatic hydroxyl groups excluding tert-OH is 1. The number of carbonyl (C=O) groups is 2. The van der Waals surface area contributed by atoms with Crippen LogP contribution in [0.1, 0.15) is 10.4 Å². The Morgan fingerprint density at radius 3 is 2.80 bits per heavy atom. The summed E-state index contributed by atoms with van der Waals surface area (Å²) in [5.74, 6) is -1.61. The summed E-state index contributed by atoms with van der Waals surface area (Å²) >= 11 is 0. The van der Waals surface area contributed by atoms with Gasteiger partial charge in [0.05, 0.1) is 6.61 Å². The van der Waals surface area contributed by atoms with E-state index in [9.17, 15) is 9.59 Å². The molecular weight excluding hydrogens is 266 g/mol. The molecule has 1 atom stereocenters. The SMILES string of the molecule is O=C(N[C@@H](CO)C(=O)O)c1cccc(-c2nn[nH]n2)c1. The van der Waals surface area contributed by atoms with E-state index in [1.807, 2.05) is 0 Å². The van der Waals surface area contributed by atoms with Gasteiger partial charge in [-0.2, -0.15) is 5.21 Å². The number of aromatic amines is 1. The highest BCUT2D eigenvalue weighted by Crippen LogP contribution is 2.14. The second kappa shape index (κ2) is 5.89. The molecule has 9 heteroatoms. The summed E-state index contributed by atoms with van der Waals surface area (Å²) in [6.45, 7) is -0.689. The van der Waals surface area contributed by atoms with Crippen LogP contribution in [-0.4, -0.2) is 55.4 Å². The first-order chi connectivity index (χ1) is 9.61. The number of carboxylic acids is 1. The van der Waals surface area contributed by atoms with E-state index >= 15 is 0 Å². The van der Waals surface area contributed by atoms with Gasteiger partial charge in [0.15, 0.2) is 6.04 Å². The fourth-order valence-corrected chi connectivity index (χ4v) is 1.51. The van der Waals surface area contributed by atoms with Crippen LogP contribution >= 0.6 is 0 Å². The predicted molar refractivity (Wildman–Crippen MR) is 65.6 cm³/mol. The second-order valence-electron chi connectivity index (χ2n) is 3.86. The molecule has 0 saturated heterocycles. The predicted octanol–water partition coefficient (Wildman–Crippen LogP) is -0.958. The Hall–Kier alpha value is -2.81. The maximum absolute atomic E-state index is 11.9. The van der Waals surface area contributed by atoms with Gasteiger partial charge in [0, 0.05) is 11.1 Å². The van der Waals surface area contributed by atoms with Crippen molar-refractivity contribution in [1.82, 2.24) is 25.9 Å². The molecule has 0 bridgehead atoms. The molecule has 0 aliphatic carbocycles. The lowest BCUT2D eigenvalue weighted by Gasteiger charge is -2.11. The molecule has 0 aliphatic heterocycles. The molecule has 9 nitrogen and oxygen atoms in total. The zero-order valence-electron chi connectivity index (χ0n) is 10.1. The number of hydrogen-bond donors (Lipinski definition) is 4. The van der Waals surface area contributed by atoms with Crippen molar-refractivity contribution in [3.05, 3.63) is 29.8 Å². The zero-order chi connectivity index (χ0) is 14.5. The quantitative estimate of drug-likeness (QED) is 0.551. The van der Waals surface area contributed by atoms with Gasteiger partial charge in [-0.15, -0.1) is 10.2 Å². The highest BCUT2D eigenvalue weighted by atomic mass is 16.4. The van der Waals surface area contributed by atoms with Crippen molar-refractivity contribution in [2.24, 2.45) is 0 Å². The number of H-pyrrole nitrogens is 1. The van der Waals surface area contributed by atoms with Gasteiger partial charge in [0.1, 0.15) is 0 Å². The third kappa shape index (κ3) is 2.95. The lowest BCUT2D eigenvalue weighted by Crippen LogP contribution is -2.43. The van der Waals surface area contributed by atoms with Crippen LogP contribution in [0, 0.1) is 0 Å². The van der Waals surface area contributed by atoms with E-state index in [0.717, 1.165) is 0 Å². The summed E-state index contributed by atoms with van der Waals surface area (Å²) in [6.07, 6.45) is 0.